The van der Waals surface area contributed by atoms with Gasteiger partial charge >= 0.3 is 0 Å². The molecule has 1 aromatic rings. The molecule has 1 atom stereocenters. The fourth-order valence-electron chi connectivity index (χ4n) is 2.32. The quantitative estimate of drug-likeness (QED) is 0.783. The van der Waals surface area contributed by atoms with Gasteiger partial charge in [0.1, 0.15) is 5.54 Å². The number of nitrogens with one attached hydrogen (secondary N) is 1. The average molecular weight is 262 g/mol. The van der Waals surface area contributed by atoms with Crippen molar-refractivity contribution in [1.82, 2.24) is 15.1 Å². The van der Waals surface area contributed by atoms with Crippen molar-refractivity contribution in [2.45, 2.75) is 65.5 Å². The van der Waals surface area contributed by atoms with Crippen molar-refractivity contribution in [3.63, 3.8) is 0 Å². The maximum atomic E-state index is 9.22. The molecule has 1 rings (SSSR count). The van der Waals surface area contributed by atoms with Crippen LogP contribution >= 0.6 is 0 Å². The summed E-state index contributed by atoms with van der Waals surface area (Å²) in [5, 5.41) is 17.1. The van der Waals surface area contributed by atoms with Gasteiger partial charge in [-0.05, 0) is 45.2 Å². The topological polar surface area (TPSA) is 53.6 Å². The first-order chi connectivity index (χ1) is 9.08. The zero-order valence-electron chi connectivity index (χ0n) is 12.7. The summed E-state index contributed by atoms with van der Waals surface area (Å²) < 4.78 is 2.10. The predicted octanol–water partition coefficient (Wildman–Crippen LogP) is 2.68. The van der Waals surface area contributed by atoms with Crippen LogP contribution in [0.15, 0.2) is 6.07 Å². The fourth-order valence-corrected chi connectivity index (χ4v) is 2.32. The Balaban J connectivity index is 2.57. The lowest BCUT2D eigenvalue weighted by Crippen LogP contribution is -2.40. The van der Waals surface area contributed by atoms with Crippen molar-refractivity contribution in [2.75, 3.05) is 6.54 Å². The van der Waals surface area contributed by atoms with Gasteiger partial charge in [0.15, 0.2) is 0 Å². The molecule has 0 radical (unpaired) electrons. The molecule has 4 heteroatoms. The van der Waals surface area contributed by atoms with Crippen LogP contribution in [0.4, 0.5) is 0 Å². The smallest absolute Gasteiger partial charge is 0.103 e. The van der Waals surface area contributed by atoms with E-state index in [1.54, 1.807) is 0 Å². The van der Waals surface area contributed by atoms with Crippen LogP contribution in [0.2, 0.25) is 0 Å². The third-order valence-corrected chi connectivity index (χ3v) is 3.50. The average Bonchev–Trinajstić information content (AvgIpc) is 2.81. The zero-order chi connectivity index (χ0) is 14.3. The molecule has 106 valence electrons. The van der Waals surface area contributed by atoms with Gasteiger partial charge in [-0.3, -0.25) is 10.00 Å². The highest BCUT2D eigenvalue weighted by molar-refractivity contribution is 5.10. The lowest BCUT2D eigenvalue weighted by Gasteiger charge is -2.22. The minimum Gasteiger partial charge on any atom is -0.300 e. The third kappa shape index (κ3) is 4.36. The first kappa shape index (κ1) is 15.7. The van der Waals surface area contributed by atoms with Crippen LogP contribution in [0.25, 0.3) is 0 Å². The zero-order valence-corrected chi connectivity index (χ0v) is 12.7. The molecule has 0 saturated heterocycles. The van der Waals surface area contributed by atoms with Crippen LogP contribution in [-0.4, -0.2) is 21.9 Å². The summed E-state index contributed by atoms with van der Waals surface area (Å²) in [5.41, 5.74) is 2.03. The first-order valence-corrected chi connectivity index (χ1v) is 7.30. The van der Waals surface area contributed by atoms with Gasteiger partial charge in [-0.15, -0.1) is 0 Å². The second kappa shape index (κ2) is 7.30. The second-order valence-electron chi connectivity index (χ2n) is 5.14. The van der Waals surface area contributed by atoms with Gasteiger partial charge in [0.2, 0.25) is 0 Å². The largest absolute Gasteiger partial charge is 0.300 e. The molecule has 1 aromatic heterocycles. The Kier molecular flexibility index (Phi) is 6.04. The van der Waals surface area contributed by atoms with E-state index in [1.807, 2.05) is 13.8 Å². The standard InChI is InChI=1S/C15H26N4/c1-5-13-11-14(6-2)19(18-13)10-8-9-15(4,12-16)17-7-3/h11,17H,5-10H2,1-4H3. The Hall–Kier alpha value is -1.34. The van der Waals surface area contributed by atoms with Crippen molar-refractivity contribution in [3.05, 3.63) is 17.5 Å². The molecule has 0 amide bonds. The lowest BCUT2D eigenvalue weighted by molar-refractivity contribution is 0.394. The fraction of sp³-hybridized carbons (Fsp3) is 0.733. The highest BCUT2D eigenvalue weighted by Gasteiger charge is 2.21. The molecule has 0 aliphatic rings. The van der Waals surface area contributed by atoms with Crippen LogP contribution in [0.5, 0.6) is 0 Å². The summed E-state index contributed by atoms with van der Waals surface area (Å²) in [6, 6.07) is 4.56. The third-order valence-electron chi connectivity index (χ3n) is 3.50. The minimum absolute atomic E-state index is 0.415. The van der Waals surface area contributed by atoms with Crippen LogP contribution in [0, 0.1) is 11.3 Å². The monoisotopic (exact) mass is 262 g/mol. The van der Waals surface area contributed by atoms with Crippen LogP contribution in [0.3, 0.4) is 0 Å². The summed E-state index contributed by atoms with van der Waals surface area (Å²) in [6.45, 7) is 10.0. The normalized spacial score (nSPS) is 14.1. The minimum atomic E-state index is -0.415. The van der Waals surface area contributed by atoms with E-state index in [2.05, 4.69) is 41.1 Å². The van der Waals surface area contributed by atoms with Crippen molar-refractivity contribution in [2.24, 2.45) is 0 Å². The van der Waals surface area contributed by atoms with Gasteiger partial charge in [0.05, 0.1) is 11.8 Å². The lowest BCUT2D eigenvalue weighted by atomic mass is 9.97. The van der Waals surface area contributed by atoms with Gasteiger partial charge < -0.3 is 0 Å². The van der Waals surface area contributed by atoms with Crippen molar-refractivity contribution >= 4 is 0 Å². The summed E-state index contributed by atoms with van der Waals surface area (Å²) >= 11 is 0. The van der Waals surface area contributed by atoms with E-state index in [0.717, 1.165) is 44.5 Å². The molecule has 1 unspecified atom stereocenters. The van der Waals surface area contributed by atoms with E-state index in [1.165, 1.54) is 5.69 Å². The van der Waals surface area contributed by atoms with E-state index in [9.17, 15) is 5.26 Å². The molecule has 1 heterocycles. The summed E-state index contributed by atoms with van der Waals surface area (Å²) in [5.74, 6) is 0. The van der Waals surface area contributed by atoms with Crippen molar-refractivity contribution < 1.29 is 0 Å². The van der Waals surface area contributed by atoms with E-state index >= 15 is 0 Å². The number of hydrogen-bond donors (Lipinski definition) is 1. The van der Waals surface area contributed by atoms with E-state index in [0.29, 0.717) is 0 Å². The van der Waals surface area contributed by atoms with Gasteiger partial charge in [-0.25, -0.2) is 0 Å². The Morgan fingerprint density at radius 3 is 2.63 bits per heavy atom. The van der Waals surface area contributed by atoms with Crippen molar-refractivity contribution in [1.29, 1.82) is 5.26 Å². The Morgan fingerprint density at radius 1 is 1.37 bits per heavy atom. The van der Waals surface area contributed by atoms with E-state index in [4.69, 9.17) is 0 Å². The Labute approximate surface area is 116 Å². The number of hydrogen-bond acceptors (Lipinski definition) is 3. The van der Waals surface area contributed by atoms with Crippen molar-refractivity contribution in [3.8, 4) is 6.07 Å². The van der Waals surface area contributed by atoms with Gasteiger partial charge in [0.25, 0.3) is 0 Å². The molecule has 0 fully saturated rings. The van der Waals surface area contributed by atoms with E-state index < -0.39 is 5.54 Å². The molecule has 1 N–H and O–H groups in total. The van der Waals surface area contributed by atoms with Crippen LogP contribution < -0.4 is 5.32 Å². The van der Waals surface area contributed by atoms with Crippen LogP contribution in [-0.2, 0) is 19.4 Å². The number of aromatic nitrogens is 2. The van der Waals surface area contributed by atoms with Crippen LogP contribution in [0.1, 0.15) is 51.9 Å². The SMILES string of the molecule is CCNC(C)(C#N)CCCn1nc(CC)cc1CC. The summed E-state index contributed by atoms with van der Waals surface area (Å²) in [7, 11) is 0. The number of nitrogens with zero attached hydrogens (tertiary/aromatic N) is 3. The molecule has 0 aromatic carbocycles. The molecule has 0 aliphatic carbocycles. The number of aryl methyl sites for hydroxylation is 3. The first-order valence-electron chi connectivity index (χ1n) is 7.30. The Morgan fingerprint density at radius 2 is 2.11 bits per heavy atom. The molecule has 0 aliphatic heterocycles. The maximum absolute atomic E-state index is 9.22. The summed E-state index contributed by atoms with van der Waals surface area (Å²) in [6.07, 6.45) is 3.81. The summed E-state index contributed by atoms with van der Waals surface area (Å²) in [4.78, 5) is 0. The number of rotatable bonds is 8. The highest BCUT2D eigenvalue weighted by atomic mass is 15.3. The second-order valence-corrected chi connectivity index (χ2v) is 5.14. The predicted molar refractivity (Wildman–Crippen MR) is 77.9 cm³/mol. The molecular weight excluding hydrogens is 236 g/mol. The molecule has 0 bridgehead atoms. The van der Waals surface area contributed by atoms with E-state index in [-0.39, 0.29) is 0 Å². The highest BCUT2D eigenvalue weighted by Crippen LogP contribution is 2.13. The molecule has 0 saturated carbocycles. The van der Waals surface area contributed by atoms with Gasteiger partial charge in [0, 0.05) is 12.2 Å². The molecule has 19 heavy (non-hydrogen) atoms. The number of nitriles is 1. The molecule has 0 spiro atoms. The van der Waals surface area contributed by atoms with Gasteiger partial charge in [-0.1, -0.05) is 20.8 Å². The molecule has 4 nitrogen and oxygen atoms in total. The maximum Gasteiger partial charge on any atom is 0.103 e. The molecular formula is C15H26N4. The van der Waals surface area contributed by atoms with Gasteiger partial charge in [-0.2, -0.15) is 10.4 Å². The Bertz CT molecular complexity index is 430.